The summed E-state index contributed by atoms with van der Waals surface area (Å²) in [6.07, 6.45) is 2.80. The minimum absolute atomic E-state index is 0.0558. The average molecular weight is 403 g/mol. The molecule has 0 unspecified atom stereocenters. The Bertz CT molecular complexity index is 1070. The van der Waals surface area contributed by atoms with Crippen molar-refractivity contribution >= 4 is 23.3 Å². The number of anilines is 2. The molecule has 0 atom stereocenters. The van der Waals surface area contributed by atoms with E-state index in [0.717, 1.165) is 41.3 Å². The van der Waals surface area contributed by atoms with Crippen LogP contribution in [0.25, 0.3) is 11.3 Å². The van der Waals surface area contributed by atoms with Gasteiger partial charge in [0.2, 0.25) is 11.8 Å². The molecule has 2 aromatic heterocycles. The predicted molar refractivity (Wildman–Crippen MR) is 116 cm³/mol. The van der Waals surface area contributed by atoms with Crippen LogP contribution in [0.5, 0.6) is 0 Å². The van der Waals surface area contributed by atoms with Gasteiger partial charge in [-0.2, -0.15) is 5.10 Å². The fourth-order valence-electron chi connectivity index (χ4n) is 3.78. The molecule has 0 saturated carbocycles. The quantitative estimate of drug-likeness (QED) is 0.704. The second kappa shape index (κ2) is 8.49. The number of nitrogens with zero attached hydrogens (tertiary/aromatic N) is 4. The van der Waals surface area contributed by atoms with Crippen LogP contribution in [0.15, 0.2) is 48.7 Å². The van der Waals surface area contributed by atoms with E-state index in [1.54, 1.807) is 11.1 Å². The number of benzene rings is 1. The Labute approximate surface area is 175 Å². The molecule has 4 rings (SSSR count). The van der Waals surface area contributed by atoms with Crippen molar-refractivity contribution < 1.29 is 9.59 Å². The molecule has 154 valence electrons. The third-order valence-electron chi connectivity index (χ3n) is 5.19. The van der Waals surface area contributed by atoms with Crippen molar-refractivity contribution in [2.75, 3.05) is 16.8 Å². The normalized spacial score (nSPS) is 13.1. The Morgan fingerprint density at radius 2 is 1.87 bits per heavy atom. The van der Waals surface area contributed by atoms with Crippen molar-refractivity contribution in [1.82, 2.24) is 14.8 Å². The summed E-state index contributed by atoms with van der Waals surface area (Å²) in [5, 5.41) is 7.26. The summed E-state index contributed by atoms with van der Waals surface area (Å²) in [7, 11) is 0. The number of pyridine rings is 1. The molecule has 0 radical (unpaired) electrons. The van der Waals surface area contributed by atoms with Gasteiger partial charge in [-0.05, 0) is 31.9 Å². The van der Waals surface area contributed by atoms with Crippen molar-refractivity contribution in [3.63, 3.8) is 0 Å². The lowest BCUT2D eigenvalue weighted by molar-refractivity contribution is -0.122. The maximum Gasteiger partial charge on any atom is 0.228 e. The molecule has 1 N–H and O–H groups in total. The van der Waals surface area contributed by atoms with E-state index in [-0.39, 0.29) is 24.7 Å². The smallest absolute Gasteiger partial charge is 0.228 e. The van der Waals surface area contributed by atoms with Crippen LogP contribution in [0.1, 0.15) is 30.5 Å². The maximum absolute atomic E-state index is 12.7. The summed E-state index contributed by atoms with van der Waals surface area (Å²) in [4.78, 5) is 31.3. The van der Waals surface area contributed by atoms with Crippen LogP contribution in [-0.4, -0.2) is 33.1 Å². The number of aryl methyl sites for hydroxylation is 3. The molecule has 0 fully saturated rings. The van der Waals surface area contributed by atoms with Crippen LogP contribution in [0, 0.1) is 13.8 Å². The molecule has 30 heavy (non-hydrogen) atoms. The second-order valence-corrected chi connectivity index (χ2v) is 7.57. The van der Waals surface area contributed by atoms with Gasteiger partial charge in [0.1, 0.15) is 5.82 Å². The van der Waals surface area contributed by atoms with Gasteiger partial charge in [-0.25, -0.2) is 4.68 Å². The van der Waals surface area contributed by atoms with Gasteiger partial charge in [0.05, 0.1) is 23.3 Å². The van der Waals surface area contributed by atoms with E-state index in [9.17, 15) is 9.59 Å². The highest BCUT2D eigenvalue weighted by molar-refractivity contribution is 5.97. The van der Waals surface area contributed by atoms with Gasteiger partial charge < -0.3 is 5.32 Å². The highest BCUT2D eigenvalue weighted by atomic mass is 16.2. The lowest BCUT2D eigenvalue weighted by atomic mass is 10.1. The zero-order valence-corrected chi connectivity index (χ0v) is 17.3. The molecule has 0 bridgehead atoms. The van der Waals surface area contributed by atoms with E-state index in [1.807, 2.05) is 61.0 Å². The summed E-state index contributed by atoms with van der Waals surface area (Å²) in [5.74, 6) is 0.568. The molecular formula is C23H25N5O2. The maximum atomic E-state index is 12.7. The number of hydrogen-bond donors (Lipinski definition) is 1. The Balaban J connectivity index is 1.35. The monoisotopic (exact) mass is 403 g/mol. The Morgan fingerprint density at radius 1 is 1.07 bits per heavy atom. The summed E-state index contributed by atoms with van der Waals surface area (Å²) in [5.41, 5.74) is 4.43. The number of amides is 2. The van der Waals surface area contributed by atoms with E-state index in [1.165, 1.54) is 0 Å². The zero-order chi connectivity index (χ0) is 21.1. The first-order valence-electron chi connectivity index (χ1n) is 10.2. The molecule has 0 saturated heterocycles. The zero-order valence-electron chi connectivity index (χ0n) is 17.3. The van der Waals surface area contributed by atoms with Crippen molar-refractivity contribution in [2.45, 2.75) is 39.7 Å². The second-order valence-electron chi connectivity index (χ2n) is 7.57. The van der Waals surface area contributed by atoms with E-state index in [2.05, 4.69) is 15.4 Å². The SMILES string of the molecule is Cc1cc2n(n1)CCCN2C(=O)CCC(=O)Nc1cnc(-c2ccccc2)c(C)c1. The lowest BCUT2D eigenvalue weighted by Crippen LogP contribution is -2.37. The van der Waals surface area contributed by atoms with Gasteiger partial charge in [-0.1, -0.05) is 30.3 Å². The van der Waals surface area contributed by atoms with Gasteiger partial charge in [0.25, 0.3) is 0 Å². The van der Waals surface area contributed by atoms with Crippen LogP contribution >= 0.6 is 0 Å². The number of carbonyl (C=O) groups excluding carboxylic acids is 2. The van der Waals surface area contributed by atoms with E-state index >= 15 is 0 Å². The first-order valence-corrected chi connectivity index (χ1v) is 10.2. The third kappa shape index (κ3) is 4.25. The number of fused-ring (bicyclic) bond motifs is 1. The molecule has 1 aromatic carbocycles. The third-order valence-corrected chi connectivity index (χ3v) is 5.19. The van der Waals surface area contributed by atoms with Crippen molar-refractivity contribution in [3.8, 4) is 11.3 Å². The number of carbonyl (C=O) groups is 2. The van der Waals surface area contributed by atoms with Crippen molar-refractivity contribution in [3.05, 3.63) is 59.9 Å². The highest BCUT2D eigenvalue weighted by Crippen LogP contribution is 2.24. The molecule has 1 aliphatic heterocycles. The van der Waals surface area contributed by atoms with Crippen LogP contribution in [0.2, 0.25) is 0 Å². The first kappa shape index (κ1) is 19.8. The topological polar surface area (TPSA) is 80.1 Å². The highest BCUT2D eigenvalue weighted by Gasteiger charge is 2.24. The Hall–Kier alpha value is -3.48. The van der Waals surface area contributed by atoms with Gasteiger partial charge in [0, 0.05) is 37.6 Å². The van der Waals surface area contributed by atoms with Gasteiger partial charge in [-0.3, -0.25) is 19.5 Å². The fraction of sp³-hybridized carbons (Fsp3) is 0.304. The first-order chi connectivity index (χ1) is 14.5. The standard InChI is InChI=1S/C23H25N5O2/c1-16-13-19(15-24-23(16)18-7-4-3-5-8-18)25-20(29)9-10-22(30)27-11-6-12-28-21(27)14-17(2)26-28/h3-5,7-8,13-15H,6,9-12H2,1-2H3,(H,25,29). The molecule has 0 spiro atoms. The van der Waals surface area contributed by atoms with Crippen molar-refractivity contribution in [1.29, 1.82) is 0 Å². The Kier molecular flexibility index (Phi) is 5.61. The predicted octanol–water partition coefficient (Wildman–Crippen LogP) is 3.72. The van der Waals surface area contributed by atoms with Gasteiger partial charge >= 0.3 is 0 Å². The molecule has 1 aliphatic rings. The van der Waals surface area contributed by atoms with Crippen LogP contribution in [-0.2, 0) is 16.1 Å². The Morgan fingerprint density at radius 3 is 2.63 bits per heavy atom. The van der Waals surface area contributed by atoms with Crippen LogP contribution in [0.4, 0.5) is 11.5 Å². The van der Waals surface area contributed by atoms with Crippen LogP contribution in [0.3, 0.4) is 0 Å². The average Bonchev–Trinajstić information content (AvgIpc) is 3.13. The van der Waals surface area contributed by atoms with Crippen LogP contribution < -0.4 is 10.2 Å². The fourth-order valence-corrected chi connectivity index (χ4v) is 3.78. The van der Waals surface area contributed by atoms with Gasteiger partial charge in [0.15, 0.2) is 0 Å². The van der Waals surface area contributed by atoms with E-state index < -0.39 is 0 Å². The molecule has 3 aromatic rings. The summed E-state index contributed by atoms with van der Waals surface area (Å²) >= 11 is 0. The minimum Gasteiger partial charge on any atom is -0.325 e. The number of aromatic nitrogens is 3. The van der Waals surface area contributed by atoms with Crippen molar-refractivity contribution in [2.24, 2.45) is 0 Å². The molecule has 7 heteroatoms. The summed E-state index contributed by atoms with van der Waals surface area (Å²) < 4.78 is 1.86. The number of nitrogens with one attached hydrogen (secondary N) is 1. The molecule has 0 aliphatic carbocycles. The summed E-state index contributed by atoms with van der Waals surface area (Å²) in [6.45, 7) is 5.37. The van der Waals surface area contributed by atoms with E-state index in [0.29, 0.717) is 12.2 Å². The summed E-state index contributed by atoms with van der Waals surface area (Å²) in [6, 6.07) is 13.7. The number of rotatable bonds is 5. The lowest BCUT2D eigenvalue weighted by Gasteiger charge is -2.27. The minimum atomic E-state index is -0.196. The molecule has 7 nitrogen and oxygen atoms in total. The number of hydrogen-bond acceptors (Lipinski definition) is 4. The molecule has 3 heterocycles. The molecular weight excluding hydrogens is 378 g/mol. The largest absolute Gasteiger partial charge is 0.325 e. The molecule has 2 amide bonds. The van der Waals surface area contributed by atoms with Gasteiger partial charge in [-0.15, -0.1) is 0 Å². The van der Waals surface area contributed by atoms with E-state index in [4.69, 9.17) is 0 Å².